The van der Waals surface area contributed by atoms with Gasteiger partial charge in [0.15, 0.2) is 11.5 Å². The molecule has 13 heteroatoms. The van der Waals surface area contributed by atoms with Crippen LogP contribution in [0.3, 0.4) is 0 Å². The van der Waals surface area contributed by atoms with Gasteiger partial charge in [0, 0.05) is 22.7 Å². The number of nitriles is 1. The molecule has 190 valence electrons. The normalized spacial score (nSPS) is 11.7. The van der Waals surface area contributed by atoms with Crippen LogP contribution in [0.4, 0.5) is 30.2 Å². The number of anilines is 3. The Kier molecular flexibility index (Phi) is 6.68. The third kappa shape index (κ3) is 4.74. The lowest BCUT2D eigenvalue weighted by atomic mass is 10.0. The van der Waals surface area contributed by atoms with E-state index in [-0.39, 0.29) is 27.8 Å². The Morgan fingerprint density at radius 1 is 1.05 bits per heavy atom. The second kappa shape index (κ2) is 10.2. The summed E-state index contributed by atoms with van der Waals surface area (Å²) in [7, 11) is 1.44. The molecule has 0 spiro atoms. The molecule has 0 amide bonds. The van der Waals surface area contributed by atoms with Gasteiger partial charge in [-0.3, -0.25) is 4.98 Å². The zero-order valence-electron chi connectivity index (χ0n) is 19.4. The second-order valence-corrected chi connectivity index (χ2v) is 8.41. The minimum atomic E-state index is -1.25. The third-order valence-corrected chi connectivity index (χ3v) is 5.85. The summed E-state index contributed by atoms with van der Waals surface area (Å²) in [4.78, 5) is 7.82. The van der Waals surface area contributed by atoms with Gasteiger partial charge in [0.05, 0.1) is 41.4 Å². The van der Waals surface area contributed by atoms with Crippen molar-refractivity contribution in [2.45, 2.75) is 6.04 Å². The highest BCUT2D eigenvalue weighted by Gasteiger charge is 2.24. The van der Waals surface area contributed by atoms with Crippen LogP contribution in [-0.2, 0) is 0 Å². The van der Waals surface area contributed by atoms with Crippen molar-refractivity contribution in [2.75, 3.05) is 17.7 Å². The number of ether oxygens (including phenoxy) is 1. The maximum Gasteiger partial charge on any atom is 0.258 e. The van der Waals surface area contributed by atoms with Crippen molar-refractivity contribution in [1.29, 1.82) is 5.26 Å². The van der Waals surface area contributed by atoms with Gasteiger partial charge in [-0.2, -0.15) is 20.0 Å². The fourth-order valence-corrected chi connectivity index (χ4v) is 4.14. The van der Waals surface area contributed by atoms with E-state index in [1.54, 1.807) is 24.3 Å². The van der Waals surface area contributed by atoms with E-state index in [0.717, 1.165) is 12.3 Å². The summed E-state index contributed by atoms with van der Waals surface area (Å²) in [6, 6.07) is 11.2. The molecule has 3 aromatic heterocycles. The monoisotopic (exact) mass is 536 g/mol. The Labute approximate surface area is 218 Å². The number of nitrogens with zero attached hydrogens (tertiary/aromatic N) is 5. The zero-order valence-corrected chi connectivity index (χ0v) is 20.2. The number of fused-ring (bicyclic) bond motifs is 1. The molecule has 0 aliphatic heterocycles. The van der Waals surface area contributed by atoms with Gasteiger partial charge >= 0.3 is 0 Å². The molecule has 1 unspecified atom stereocenters. The molecule has 3 N–H and O–H groups in total. The molecule has 0 aliphatic carbocycles. The summed E-state index contributed by atoms with van der Waals surface area (Å²) < 4.78 is 46.2. The molecule has 0 saturated carbocycles. The molecule has 1 atom stereocenters. The summed E-state index contributed by atoms with van der Waals surface area (Å²) in [5.41, 5.74) is 2.33. The fourth-order valence-electron chi connectivity index (χ4n) is 3.92. The van der Waals surface area contributed by atoms with Crippen LogP contribution in [0.15, 0.2) is 54.9 Å². The van der Waals surface area contributed by atoms with Crippen molar-refractivity contribution in [3.8, 4) is 11.9 Å². The number of nitrogens with one attached hydrogen (secondary N) is 3. The SMILES string of the molecule is COc1n[nH]nc1C(Nc1cc(Cl)cc2c(Nc3cnc(F)c(F)c3)c(C#N)cnc12)c1ccc(F)cc1. The Morgan fingerprint density at radius 3 is 2.55 bits per heavy atom. The molecule has 0 aliphatic rings. The van der Waals surface area contributed by atoms with Crippen LogP contribution in [0.1, 0.15) is 22.9 Å². The number of aromatic amines is 1. The first-order chi connectivity index (χ1) is 18.4. The minimum absolute atomic E-state index is 0.110. The van der Waals surface area contributed by atoms with Gasteiger partial charge in [-0.1, -0.05) is 23.7 Å². The van der Waals surface area contributed by atoms with Crippen molar-refractivity contribution < 1.29 is 17.9 Å². The molecule has 0 radical (unpaired) electrons. The molecular formula is C25H16ClF3N8O. The standard InChI is InChI=1S/C25H16ClF3N8O/c1-38-25-23(35-37-36-25)21(12-2-4-15(27)5-3-12)34-19-7-14(26)6-17-20(13(9-30)10-31-22(17)19)33-16-8-18(28)24(29)32-11-16/h2-8,10-11,21,34H,1H3,(H,31,33)(H,35,36,37). The van der Waals surface area contributed by atoms with Crippen LogP contribution in [0.2, 0.25) is 5.02 Å². The fraction of sp³-hybridized carbons (Fsp3) is 0.0800. The number of aromatic nitrogens is 5. The van der Waals surface area contributed by atoms with Crippen molar-refractivity contribution in [2.24, 2.45) is 0 Å². The van der Waals surface area contributed by atoms with Crippen LogP contribution in [0.25, 0.3) is 10.9 Å². The van der Waals surface area contributed by atoms with Crippen LogP contribution >= 0.6 is 11.6 Å². The average Bonchev–Trinajstić information content (AvgIpc) is 3.39. The van der Waals surface area contributed by atoms with Gasteiger partial charge in [-0.25, -0.2) is 13.8 Å². The van der Waals surface area contributed by atoms with Crippen molar-refractivity contribution in [3.63, 3.8) is 0 Å². The largest absolute Gasteiger partial charge is 0.479 e. The maximum absolute atomic E-state index is 13.8. The Morgan fingerprint density at radius 2 is 1.84 bits per heavy atom. The second-order valence-electron chi connectivity index (χ2n) is 7.98. The van der Waals surface area contributed by atoms with Gasteiger partial charge in [-0.15, -0.1) is 5.10 Å². The smallest absolute Gasteiger partial charge is 0.258 e. The highest BCUT2D eigenvalue weighted by atomic mass is 35.5. The molecule has 2 aromatic carbocycles. The van der Waals surface area contributed by atoms with E-state index in [9.17, 15) is 18.4 Å². The molecule has 0 fully saturated rings. The molecule has 5 rings (SSSR count). The molecule has 0 saturated heterocycles. The van der Waals surface area contributed by atoms with Gasteiger partial charge in [0.25, 0.3) is 5.88 Å². The van der Waals surface area contributed by atoms with E-state index in [0.29, 0.717) is 27.8 Å². The molecule has 3 heterocycles. The maximum atomic E-state index is 13.8. The first-order valence-corrected chi connectivity index (χ1v) is 11.3. The van der Waals surface area contributed by atoms with E-state index in [1.807, 2.05) is 6.07 Å². The third-order valence-electron chi connectivity index (χ3n) is 5.63. The number of H-pyrrole nitrogens is 1. The number of methoxy groups -OCH3 is 1. The van der Waals surface area contributed by atoms with Crippen LogP contribution in [-0.4, -0.2) is 32.5 Å². The first kappa shape index (κ1) is 24.8. The number of pyridine rings is 2. The summed E-state index contributed by atoms with van der Waals surface area (Å²) in [6.07, 6.45) is 2.43. The van der Waals surface area contributed by atoms with Crippen molar-refractivity contribution in [1.82, 2.24) is 25.4 Å². The van der Waals surface area contributed by atoms with Gasteiger partial charge in [-0.05, 0) is 29.8 Å². The van der Waals surface area contributed by atoms with E-state index < -0.39 is 23.6 Å². The Bertz CT molecular complexity index is 1690. The lowest BCUT2D eigenvalue weighted by Gasteiger charge is -2.21. The number of benzene rings is 2. The van der Waals surface area contributed by atoms with E-state index >= 15 is 0 Å². The highest BCUT2D eigenvalue weighted by molar-refractivity contribution is 6.32. The average molecular weight is 537 g/mol. The summed E-state index contributed by atoms with van der Waals surface area (Å²) in [5.74, 6) is -2.61. The van der Waals surface area contributed by atoms with Gasteiger partial charge in [0.1, 0.15) is 17.9 Å². The van der Waals surface area contributed by atoms with Crippen LogP contribution in [0, 0.1) is 28.9 Å². The molecule has 9 nitrogen and oxygen atoms in total. The molecule has 5 aromatic rings. The summed E-state index contributed by atoms with van der Waals surface area (Å²) in [6.45, 7) is 0. The molecule has 0 bridgehead atoms. The summed E-state index contributed by atoms with van der Waals surface area (Å²) >= 11 is 6.47. The lowest BCUT2D eigenvalue weighted by molar-refractivity contribution is 0.391. The number of hydrogen-bond acceptors (Lipinski definition) is 8. The number of rotatable bonds is 7. The molecule has 38 heavy (non-hydrogen) atoms. The highest BCUT2D eigenvalue weighted by Crippen LogP contribution is 2.38. The summed E-state index contributed by atoms with van der Waals surface area (Å²) in [5, 5.41) is 27.3. The van der Waals surface area contributed by atoms with Gasteiger partial charge < -0.3 is 15.4 Å². The quantitative estimate of drug-likeness (QED) is 0.228. The van der Waals surface area contributed by atoms with Crippen LogP contribution in [0.5, 0.6) is 5.88 Å². The first-order valence-electron chi connectivity index (χ1n) is 10.9. The number of halogens is 4. The van der Waals surface area contributed by atoms with E-state index in [4.69, 9.17) is 16.3 Å². The zero-order chi connectivity index (χ0) is 26.8. The lowest BCUT2D eigenvalue weighted by Crippen LogP contribution is -2.15. The predicted octanol–water partition coefficient (Wildman–Crippen LogP) is 5.64. The van der Waals surface area contributed by atoms with Gasteiger partial charge in [0.2, 0.25) is 5.95 Å². The minimum Gasteiger partial charge on any atom is -0.479 e. The Balaban J connectivity index is 1.65. The van der Waals surface area contributed by atoms with E-state index in [1.165, 1.54) is 25.4 Å². The van der Waals surface area contributed by atoms with Crippen LogP contribution < -0.4 is 15.4 Å². The topological polar surface area (TPSA) is 124 Å². The van der Waals surface area contributed by atoms with E-state index in [2.05, 4.69) is 36.0 Å². The number of hydrogen-bond donors (Lipinski definition) is 3. The van der Waals surface area contributed by atoms with Crippen molar-refractivity contribution >= 4 is 39.6 Å². The molecular weight excluding hydrogens is 521 g/mol. The van der Waals surface area contributed by atoms with Crippen molar-refractivity contribution in [3.05, 3.63) is 94.3 Å². The Hall–Kier alpha value is -4.89. The predicted molar refractivity (Wildman–Crippen MR) is 134 cm³/mol.